The van der Waals surface area contributed by atoms with Crippen LogP contribution in [0.15, 0.2) is 54.6 Å². The molecule has 0 unspecified atom stereocenters. The Hall–Kier alpha value is -3.33. The van der Waals surface area contributed by atoms with E-state index in [0.29, 0.717) is 26.1 Å². The van der Waals surface area contributed by atoms with Gasteiger partial charge in [0.2, 0.25) is 11.8 Å². The smallest absolute Gasteiger partial charge is 0.333 e. The van der Waals surface area contributed by atoms with E-state index < -0.39 is 12.2 Å². The van der Waals surface area contributed by atoms with Crippen LogP contribution in [0.5, 0.6) is 0 Å². The molecule has 4 amide bonds. The summed E-state index contributed by atoms with van der Waals surface area (Å²) in [5.41, 5.74) is 3.17. The topological polar surface area (TPSA) is 76.2 Å². The van der Waals surface area contributed by atoms with Gasteiger partial charge in [-0.15, -0.1) is 0 Å². The molecular formula is C26H34BN5O3. The van der Waals surface area contributed by atoms with Gasteiger partial charge in [0, 0.05) is 19.6 Å². The van der Waals surface area contributed by atoms with Crippen LogP contribution in [-0.4, -0.2) is 77.4 Å². The third-order valence-electron chi connectivity index (χ3n) is 6.71. The second kappa shape index (κ2) is 10.9. The monoisotopic (exact) mass is 475 g/mol. The van der Waals surface area contributed by atoms with Crippen molar-refractivity contribution < 1.29 is 14.4 Å². The summed E-state index contributed by atoms with van der Waals surface area (Å²) in [6, 6.07) is 17.0. The molecule has 8 nitrogen and oxygen atoms in total. The Labute approximate surface area is 208 Å². The third kappa shape index (κ3) is 5.35. The number of urea groups is 1. The maximum Gasteiger partial charge on any atom is 0.334 e. The van der Waals surface area contributed by atoms with E-state index in [0.717, 1.165) is 23.0 Å². The van der Waals surface area contributed by atoms with E-state index >= 15 is 0 Å². The summed E-state index contributed by atoms with van der Waals surface area (Å²) in [7, 11) is 2.03. The molecule has 9 heteroatoms. The molecule has 4 rings (SSSR count). The molecule has 1 N–H and O–H groups in total. The predicted octanol–water partition coefficient (Wildman–Crippen LogP) is 1.07. The standard InChI is InChI=1S/C26H34BN5O3/c1-3-9-22-25(34)29(16-20-12-8-13-21(27)14-20)17-23-31(22)24(33)18-30(4-2)32(23)26(35)28-15-19-10-6-5-7-11-19/h5-8,10-14,22-23H,3-4,9,15-18,27H2,1-2H3,(H,28,35)/t22-,23-/m0/s1. The quantitative estimate of drug-likeness (QED) is 0.609. The van der Waals surface area contributed by atoms with E-state index in [1.807, 2.05) is 70.2 Å². The van der Waals surface area contributed by atoms with Crippen LogP contribution in [0.4, 0.5) is 4.79 Å². The number of carbonyl (C=O) groups is 3. The van der Waals surface area contributed by atoms with Crippen molar-refractivity contribution in [3.63, 3.8) is 0 Å². The van der Waals surface area contributed by atoms with Gasteiger partial charge in [-0.1, -0.05) is 80.3 Å². The SMILES string of the molecule is Bc1cccc(CN2C[C@H]3N(C(=O)CN(CC)N3C(=O)NCc3ccccc3)[C@@H](CCC)C2=O)c1. The minimum absolute atomic E-state index is 0.0486. The van der Waals surface area contributed by atoms with Gasteiger partial charge in [0.1, 0.15) is 20.1 Å². The van der Waals surface area contributed by atoms with Crippen LogP contribution in [0.3, 0.4) is 0 Å². The predicted molar refractivity (Wildman–Crippen MR) is 137 cm³/mol. The Morgan fingerprint density at radius 3 is 2.49 bits per heavy atom. The minimum atomic E-state index is -0.570. The fourth-order valence-corrected chi connectivity index (χ4v) is 5.04. The molecule has 184 valence electrons. The van der Waals surface area contributed by atoms with Crippen molar-refractivity contribution >= 4 is 31.2 Å². The van der Waals surface area contributed by atoms with E-state index in [4.69, 9.17) is 0 Å². The number of hydrazine groups is 1. The van der Waals surface area contributed by atoms with E-state index in [1.54, 1.807) is 19.8 Å². The molecule has 0 radical (unpaired) electrons. The van der Waals surface area contributed by atoms with Gasteiger partial charge in [0.25, 0.3) is 0 Å². The fourth-order valence-electron chi connectivity index (χ4n) is 5.04. The first-order valence-corrected chi connectivity index (χ1v) is 12.4. The maximum absolute atomic E-state index is 13.5. The lowest BCUT2D eigenvalue weighted by atomic mass is 9.94. The molecule has 35 heavy (non-hydrogen) atoms. The Morgan fingerprint density at radius 1 is 1.06 bits per heavy atom. The van der Waals surface area contributed by atoms with Crippen molar-refractivity contribution in [3.8, 4) is 0 Å². The van der Waals surface area contributed by atoms with Gasteiger partial charge in [0.15, 0.2) is 0 Å². The maximum atomic E-state index is 13.5. The van der Waals surface area contributed by atoms with Crippen LogP contribution < -0.4 is 10.8 Å². The van der Waals surface area contributed by atoms with Gasteiger partial charge in [-0.2, -0.15) is 0 Å². The summed E-state index contributed by atoms with van der Waals surface area (Å²) in [5.74, 6) is -0.154. The Balaban J connectivity index is 1.62. The number of hydrogen-bond donors (Lipinski definition) is 1. The molecule has 0 aromatic heterocycles. The van der Waals surface area contributed by atoms with Crippen LogP contribution in [0.2, 0.25) is 0 Å². The first-order valence-electron chi connectivity index (χ1n) is 12.4. The average molecular weight is 475 g/mol. The largest absolute Gasteiger partial charge is 0.334 e. The number of likely N-dealkylation sites (N-methyl/N-ethyl adjacent to an activating group) is 1. The van der Waals surface area contributed by atoms with E-state index in [2.05, 4.69) is 11.4 Å². The number of piperazine rings is 1. The molecule has 2 heterocycles. The highest BCUT2D eigenvalue weighted by Crippen LogP contribution is 2.29. The minimum Gasteiger partial charge on any atom is -0.333 e. The lowest BCUT2D eigenvalue weighted by Gasteiger charge is -2.55. The first-order chi connectivity index (χ1) is 16.9. The highest BCUT2D eigenvalue weighted by atomic mass is 16.2. The normalized spacial score (nSPS) is 20.7. The average Bonchev–Trinajstić information content (AvgIpc) is 2.85. The number of fused-ring (bicyclic) bond motifs is 1. The molecule has 2 atom stereocenters. The number of rotatable bonds is 7. The van der Waals surface area contributed by atoms with Gasteiger partial charge < -0.3 is 15.1 Å². The van der Waals surface area contributed by atoms with Gasteiger partial charge in [0.05, 0.1) is 13.1 Å². The molecule has 2 aliphatic heterocycles. The third-order valence-corrected chi connectivity index (χ3v) is 6.71. The molecule has 0 saturated carbocycles. The van der Waals surface area contributed by atoms with Crippen molar-refractivity contribution in [2.75, 3.05) is 19.6 Å². The number of hydrogen-bond acceptors (Lipinski definition) is 4. The van der Waals surface area contributed by atoms with E-state index in [-0.39, 0.29) is 30.9 Å². The number of nitrogens with one attached hydrogen (secondary N) is 1. The van der Waals surface area contributed by atoms with Gasteiger partial charge in [-0.05, 0) is 17.5 Å². The van der Waals surface area contributed by atoms with Crippen molar-refractivity contribution in [3.05, 3.63) is 65.7 Å². The van der Waals surface area contributed by atoms with Gasteiger partial charge in [-0.25, -0.2) is 14.8 Å². The Morgan fingerprint density at radius 2 is 1.80 bits per heavy atom. The molecule has 0 spiro atoms. The van der Waals surface area contributed by atoms with Crippen LogP contribution in [0.25, 0.3) is 0 Å². The second-order valence-corrected chi connectivity index (χ2v) is 9.26. The highest BCUT2D eigenvalue weighted by molar-refractivity contribution is 6.32. The van der Waals surface area contributed by atoms with E-state index in [9.17, 15) is 14.4 Å². The van der Waals surface area contributed by atoms with Crippen molar-refractivity contribution in [2.45, 2.75) is 52.0 Å². The van der Waals surface area contributed by atoms with Gasteiger partial charge in [-0.3, -0.25) is 9.59 Å². The first kappa shape index (κ1) is 24.8. The van der Waals surface area contributed by atoms with Crippen LogP contribution >= 0.6 is 0 Å². The number of benzene rings is 2. The lowest BCUT2D eigenvalue weighted by Crippen LogP contribution is -2.76. The Bertz CT molecular complexity index is 1070. The van der Waals surface area contributed by atoms with Crippen LogP contribution in [0.1, 0.15) is 37.8 Å². The number of nitrogens with zero attached hydrogens (tertiary/aromatic N) is 4. The van der Waals surface area contributed by atoms with Crippen LogP contribution in [-0.2, 0) is 22.7 Å². The summed E-state index contributed by atoms with van der Waals surface area (Å²) in [6.07, 6.45) is 0.783. The van der Waals surface area contributed by atoms with Crippen LogP contribution in [0, 0.1) is 0 Å². The zero-order valence-corrected chi connectivity index (χ0v) is 20.8. The summed E-state index contributed by atoms with van der Waals surface area (Å²) >= 11 is 0. The highest BCUT2D eigenvalue weighted by Gasteiger charge is 2.50. The molecule has 2 aliphatic rings. The zero-order chi connectivity index (χ0) is 24.9. The van der Waals surface area contributed by atoms with Gasteiger partial charge >= 0.3 is 6.03 Å². The number of amides is 4. The Kier molecular flexibility index (Phi) is 7.75. The molecule has 0 aliphatic carbocycles. The second-order valence-electron chi connectivity index (χ2n) is 9.26. The van der Waals surface area contributed by atoms with E-state index in [1.165, 1.54) is 0 Å². The molecule has 2 aromatic carbocycles. The molecular weight excluding hydrogens is 441 g/mol. The fraction of sp³-hybridized carbons (Fsp3) is 0.423. The molecule has 0 bridgehead atoms. The van der Waals surface area contributed by atoms with Crippen molar-refractivity contribution in [2.24, 2.45) is 0 Å². The number of carbonyl (C=O) groups excluding carboxylic acids is 3. The van der Waals surface area contributed by atoms with Crippen molar-refractivity contribution in [1.82, 2.24) is 25.1 Å². The lowest BCUT2D eigenvalue weighted by molar-refractivity contribution is -0.190. The summed E-state index contributed by atoms with van der Waals surface area (Å²) in [4.78, 5) is 43.7. The molecule has 2 aromatic rings. The van der Waals surface area contributed by atoms with Crippen molar-refractivity contribution in [1.29, 1.82) is 0 Å². The zero-order valence-electron chi connectivity index (χ0n) is 20.8. The summed E-state index contributed by atoms with van der Waals surface area (Å²) < 4.78 is 0. The molecule has 2 saturated heterocycles. The summed E-state index contributed by atoms with van der Waals surface area (Å²) in [6.45, 7) is 5.65. The summed E-state index contributed by atoms with van der Waals surface area (Å²) in [5, 5.41) is 6.46. The molecule has 2 fully saturated rings.